The van der Waals surface area contributed by atoms with E-state index in [2.05, 4.69) is 15.0 Å². The second-order valence-corrected chi connectivity index (χ2v) is 3.55. The zero-order valence-corrected chi connectivity index (χ0v) is 10.5. The van der Waals surface area contributed by atoms with Crippen LogP contribution in [0.2, 0.25) is 0 Å². The highest BCUT2D eigenvalue weighted by molar-refractivity contribution is 5.77. The largest absolute Gasteiger partial charge is 0.468 e. The van der Waals surface area contributed by atoms with Crippen molar-refractivity contribution >= 4 is 11.8 Å². The van der Waals surface area contributed by atoms with E-state index in [-0.39, 0.29) is 19.8 Å². The molecule has 0 unspecified atom stereocenters. The molecule has 0 radical (unpaired) electrons. The number of hydrogen-bond donors (Lipinski definition) is 2. The standard InChI is InChI=1S/C11H20FN3O2.H2/c1-8(13)15-7-9(12)5-4-6-10(14-2)11(16)17-3;/h5,10,14H,4,6-7H2,1-3H3,(H2,13,15);1H/b9-5+;/t10-;/m0./s1. The number of halogens is 1. The Morgan fingerprint density at radius 2 is 2.35 bits per heavy atom. The van der Waals surface area contributed by atoms with E-state index in [4.69, 9.17) is 5.73 Å². The second kappa shape index (κ2) is 8.69. The Hall–Kier alpha value is -1.43. The monoisotopic (exact) mass is 247 g/mol. The minimum atomic E-state index is -0.413. The molecule has 0 aromatic rings. The number of carbonyl (C=O) groups is 1. The third kappa shape index (κ3) is 7.46. The molecule has 0 rings (SSSR count). The van der Waals surface area contributed by atoms with E-state index >= 15 is 0 Å². The van der Waals surface area contributed by atoms with Crippen molar-refractivity contribution in [3.8, 4) is 0 Å². The Kier molecular flexibility index (Phi) is 7.96. The number of allylic oxidation sites excluding steroid dienone is 1. The van der Waals surface area contributed by atoms with Crippen LogP contribution in [0.4, 0.5) is 4.39 Å². The number of hydrogen-bond acceptors (Lipinski definition) is 4. The van der Waals surface area contributed by atoms with Gasteiger partial charge in [0.15, 0.2) is 0 Å². The third-order valence-corrected chi connectivity index (χ3v) is 2.13. The van der Waals surface area contributed by atoms with Crippen molar-refractivity contribution in [1.29, 1.82) is 0 Å². The molecule has 0 saturated carbocycles. The molecule has 3 N–H and O–H groups in total. The van der Waals surface area contributed by atoms with Crippen LogP contribution in [0, 0.1) is 0 Å². The number of nitrogens with one attached hydrogen (secondary N) is 1. The van der Waals surface area contributed by atoms with Crippen LogP contribution < -0.4 is 11.1 Å². The van der Waals surface area contributed by atoms with Crippen molar-refractivity contribution in [1.82, 2.24) is 5.32 Å². The van der Waals surface area contributed by atoms with Gasteiger partial charge in [0.1, 0.15) is 11.9 Å². The fraction of sp³-hybridized carbons (Fsp3) is 0.636. The molecule has 5 nitrogen and oxygen atoms in total. The van der Waals surface area contributed by atoms with Gasteiger partial charge in [-0.3, -0.25) is 9.79 Å². The Morgan fingerprint density at radius 3 is 2.82 bits per heavy atom. The molecule has 1 atom stereocenters. The summed E-state index contributed by atoms with van der Waals surface area (Å²) in [7, 11) is 2.98. The topological polar surface area (TPSA) is 76.7 Å². The molecular formula is C11H22FN3O2. The van der Waals surface area contributed by atoms with Crippen LogP contribution in [-0.2, 0) is 9.53 Å². The van der Waals surface area contributed by atoms with Crippen LogP contribution in [0.1, 0.15) is 21.2 Å². The molecule has 0 aromatic heterocycles. The fourth-order valence-electron chi connectivity index (χ4n) is 1.19. The van der Waals surface area contributed by atoms with Crippen molar-refractivity contribution < 1.29 is 15.3 Å². The van der Waals surface area contributed by atoms with Crippen LogP contribution >= 0.6 is 0 Å². The van der Waals surface area contributed by atoms with Crippen molar-refractivity contribution in [3.05, 3.63) is 11.9 Å². The SMILES string of the molecule is CN[C@@H](CC/C=C(/F)CN=C(C)N)C(=O)OC.[HH]. The maximum absolute atomic E-state index is 13.2. The molecule has 0 saturated heterocycles. The highest BCUT2D eigenvalue weighted by atomic mass is 19.1. The quantitative estimate of drug-likeness (QED) is 0.400. The van der Waals surface area contributed by atoms with Gasteiger partial charge in [-0.05, 0) is 26.8 Å². The average molecular weight is 247 g/mol. The fourth-order valence-corrected chi connectivity index (χ4v) is 1.19. The lowest BCUT2D eigenvalue weighted by molar-refractivity contribution is -0.143. The Bertz CT molecular complexity index is 305. The minimum absolute atomic E-state index is 0. The zero-order valence-electron chi connectivity index (χ0n) is 10.5. The summed E-state index contributed by atoms with van der Waals surface area (Å²) in [6.45, 7) is 1.55. The van der Waals surface area contributed by atoms with Gasteiger partial charge in [0.05, 0.1) is 19.5 Å². The summed E-state index contributed by atoms with van der Waals surface area (Å²) in [5.41, 5.74) is 5.28. The number of methoxy groups -OCH3 is 1. The van der Waals surface area contributed by atoms with Gasteiger partial charge in [-0.1, -0.05) is 6.08 Å². The first kappa shape index (κ1) is 15.6. The van der Waals surface area contributed by atoms with Gasteiger partial charge in [-0.15, -0.1) is 0 Å². The summed E-state index contributed by atoms with van der Waals surface area (Å²) in [6.07, 6.45) is 2.31. The molecule has 0 amide bonds. The lowest BCUT2D eigenvalue weighted by Gasteiger charge is -2.11. The molecule has 0 aliphatic rings. The number of amidine groups is 1. The van der Waals surface area contributed by atoms with Gasteiger partial charge in [0.25, 0.3) is 0 Å². The summed E-state index contributed by atoms with van der Waals surface area (Å²) < 4.78 is 17.7. The smallest absolute Gasteiger partial charge is 0.322 e. The number of likely N-dealkylation sites (N-methyl/N-ethyl adjacent to an activating group) is 1. The van der Waals surface area contributed by atoms with Gasteiger partial charge in [0, 0.05) is 1.43 Å². The maximum atomic E-state index is 13.2. The third-order valence-electron chi connectivity index (χ3n) is 2.13. The second-order valence-electron chi connectivity index (χ2n) is 3.55. The zero-order chi connectivity index (χ0) is 13.3. The van der Waals surface area contributed by atoms with E-state index in [1.54, 1.807) is 14.0 Å². The van der Waals surface area contributed by atoms with Crippen LogP contribution in [0.5, 0.6) is 0 Å². The van der Waals surface area contributed by atoms with Crippen LogP contribution in [0.15, 0.2) is 16.9 Å². The number of ether oxygens (including phenoxy) is 1. The Morgan fingerprint density at radius 1 is 1.71 bits per heavy atom. The van der Waals surface area contributed by atoms with E-state index < -0.39 is 6.04 Å². The molecular weight excluding hydrogens is 225 g/mol. The molecule has 0 aliphatic carbocycles. The van der Waals surface area contributed by atoms with E-state index in [1.165, 1.54) is 13.2 Å². The molecule has 0 aromatic carbocycles. The van der Waals surface area contributed by atoms with Gasteiger partial charge in [0.2, 0.25) is 0 Å². The highest BCUT2D eigenvalue weighted by Crippen LogP contribution is 2.05. The maximum Gasteiger partial charge on any atom is 0.322 e. The van der Waals surface area contributed by atoms with Crippen LogP contribution in [-0.4, -0.2) is 38.5 Å². The molecule has 6 heteroatoms. The summed E-state index contributed by atoms with van der Waals surface area (Å²) in [5, 5.41) is 2.80. The number of aliphatic imine (C=N–C) groups is 1. The predicted octanol–water partition coefficient (Wildman–Crippen LogP) is 1.00. The Balaban J connectivity index is 0. The summed E-state index contributed by atoms with van der Waals surface area (Å²) in [6, 6.07) is -0.413. The first-order chi connectivity index (χ1) is 8.01. The van der Waals surface area contributed by atoms with E-state index in [0.29, 0.717) is 18.7 Å². The Labute approximate surface area is 102 Å². The highest BCUT2D eigenvalue weighted by Gasteiger charge is 2.15. The molecule has 0 spiro atoms. The van der Waals surface area contributed by atoms with Gasteiger partial charge >= 0.3 is 5.97 Å². The lowest BCUT2D eigenvalue weighted by atomic mass is 10.1. The summed E-state index contributed by atoms with van der Waals surface area (Å²) >= 11 is 0. The molecule has 100 valence electrons. The summed E-state index contributed by atoms with van der Waals surface area (Å²) in [4.78, 5) is 14.9. The number of esters is 1. The first-order valence-electron chi connectivity index (χ1n) is 5.37. The van der Waals surface area contributed by atoms with Gasteiger partial charge in [-0.25, -0.2) is 4.39 Å². The normalized spacial score (nSPS) is 14.6. The van der Waals surface area contributed by atoms with Crippen molar-refractivity contribution in [2.75, 3.05) is 20.7 Å². The average Bonchev–Trinajstić information content (AvgIpc) is 2.31. The molecule has 0 bridgehead atoms. The van der Waals surface area contributed by atoms with Crippen LogP contribution in [0.25, 0.3) is 0 Å². The lowest BCUT2D eigenvalue weighted by Crippen LogP contribution is -2.34. The van der Waals surface area contributed by atoms with Crippen molar-refractivity contribution in [2.45, 2.75) is 25.8 Å². The van der Waals surface area contributed by atoms with E-state index in [9.17, 15) is 9.18 Å². The first-order valence-corrected chi connectivity index (χ1v) is 5.37. The molecule has 17 heavy (non-hydrogen) atoms. The van der Waals surface area contributed by atoms with E-state index in [0.717, 1.165) is 0 Å². The minimum Gasteiger partial charge on any atom is -0.468 e. The molecule has 0 aliphatic heterocycles. The van der Waals surface area contributed by atoms with Crippen molar-refractivity contribution in [3.63, 3.8) is 0 Å². The number of nitrogens with zero attached hydrogens (tertiary/aromatic N) is 1. The molecule has 0 fully saturated rings. The summed E-state index contributed by atoms with van der Waals surface area (Å²) in [5.74, 6) is -0.358. The number of nitrogens with two attached hydrogens (primary N) is 1. The van der Waals surface area contributed by atoms with Gasteiger partial charge < -0.3 is 15.8 Å². The van der Waals surface area contributed by atoms with Crippen molar-refractivity contribution in [2.24, 2.45) is 10.7 Å². The molecule has 0 heterocycles. The predicted molar refractivity (Wildman–Crippen MR) is 67.6 cm³/mol. The van der Waals surface area contributed by atoms with E-state index in [1.807, 2.05) is 0 Å². The van der Waals surface area contributed by atoms with Crippen LogP contribution in [0.3, 0.4) is 0 Å². The van der Waals surface area contributed by atoms with Gasteiger partial charge in [-0.2, -0.15) is 0 Å². The number of rotatable bonds is 7. The number of carbonyl (C=O) groups excluding carboxylic acids is 1.